The molecule has 29 heavy (non-hydrogen) atoms. The van der Waals surface area contributed by atoms with Crippen LogP contribution in [0.3, 0.4) is 0 Å². The number of nitrogens with one attached hydrogen (secondary N) is 1. The molecule has 3 heterocycles. The summed E-state index contributed by atoms with van der Waals surface area (Å²) in [4.78, 5) is 16.2. The molecule has 1 aromatic carbocycles. The average molecular weight is 392 g/mol. The second kappa shape index (κ2) is 8.92. The lowest BCUT2D eigenvalue weighted by Gasteiger charge is -2.07. The Labute approximate surface area is 167 Å². The Morgan fingerprint density at radius 3 is 2.83 bits per heavy atom. The largest absolute Gasteiger partial charge is 0.461 e. The van der Waals surface area contributed by atoms with E-state index in [1.807, 2.05) is 41.1 Å². The molecule has 0 saturated heterocycles. The lowest BCUT2D eigenvalue weighted by atomic mass is 10.0. The van der Waals surface area contributed by atoms with Gasteiger partial charge in [0.2, 0.25) is 5.76 Å². The predicted octanol–water partition coefficient (Wildman–Crippen LogP) is 3.90. The molecule has 1 amide bonds. The average Bonchev–Trinajstić information content (AvgIpc) is 3.49. The summed E-state index contributed by atoms with van der Waals surface area (Å²) in [7, 11) is 0. The Morgan fingerprint density at radius 1 is 1.17 bits per heavy atom. The molecule has 0 aliphatic rings. The highest BCUT2D eigenvalue weighted by molar-refractivity contribution is 5.71. The number of carbonyl (C=O) groups excluding carboxylic acids is 1. The topological polar surface area (TPSA) is 95.3 Å². The van der Waals surface area contributed by atoms with E-state index in [2.05, 4.69) is 15.5 Å². The number of imidazole rings is 1. The molecule has 1 N–H and O–H groups in total. The summed E-state index contributed by atoms with van der Waals surface area (Å²) in [5.41, 5.74) is 1.69. The van der Waals surface area contributed by atoms with Gasteiger partial charge >= 0.3 is 6.09 Å². The molecule has 3 aromatic heterocycles. The van der Waals surface area contributed by atoms with Crippen LogP contribution in [0.1, 0.15) is 17.5 Å². The van der Waals surface area contributed by atoms with Crippen molar-refractivity contribution in [2.24, 2.45) is 0 Å². The molecule has 0 atom stereocenters. The quantitative estimate of drug-likeness (QED) is 0.457. The fourth-order valence-electron chi connectivity index (χ4n) is 2.93. The number of ether oxygens (including phenoxy) is 1. The van der Waals surface area contributed by atoms with Gasteiger partial charge < -0.3 is 23.6 Å². The number of aromatic nitrogens is 3. The molecule has 0 aliphatic carbocycles. The molecule has 0 spiro atoms. The van der Waals surface area contributed by atoms with Crippen molar-refractivity contribution in [2.75, 3.05) is 6.54 Å². The van der Waals surface area contributed by atoms with Gasteiger partial charge in [0.25, 0.3) is 5.88 Å². The van der Waals surface area contributed by atoms with E-state index in [1.165, 1.54) is 0 Å². The van der Waals surface area contributed by atoms with Crippen molar-refractivity contribution < 1.29 is 18.5 Å². The van der Waals surface area contributed by atoms with Crippen LogP contribution in [-0.4, -0.2) is 27.3 Å². The fourth-order valence-corrected chi connectivity index (χ4v) is 2.93. The number of rotatable bonds is 8. The zero-order chi connectivity index (χ0) is 19.9. The van der Waals surface area contributed by atoms with E-state index in [1.54, 1.807) is 30.9 Å². The van der Waals surface area contributed by atoms with Crippen LogP contribution in [0.5, 0.6) is 5.88 Å². The van der Waals surface area contributed by atoms with Crippen LogP contribution in [0, 0.1) is 0 Å². The van der Waals surface area contributed by atoms with Gasteiger partial charge in [-0.15, -0.1) is 0 Å². The highest BCUT2D eigenvalue weighted by atomic mass is 16.6. The van der Waals surface area contributed by atoms with Crippen LogP contribution in [0.15, 0.2) is 76.4 Å². The van der Waals surface area contributed by atoms with Crippen molar-refractivity contribution in [3.8, 4) is 17.4 Å². The Morgan fingerprint density at radius 2 is 2.07 bits per heavy atom. The number of furan rings is 1. The summed E-state index contributed by atoms with van der Waals surface area (Å²) >= 11 is 0. The van der Waals surface area contributed by atoms with Crippen molar-refractivity contribution in [1.29, 1.82) is 0 Å². The number of benzene rings is 1. The van der Waals surface area contributed by atoms with E-state index >= 15 is 0 Å². The minimum atomic E-state index is -0.579. The van der Waals surface area contributed by atoms with Gasteiger partial charge in [0.05, 0.1) is 18.2 Å². The lowest BCUT2D eigenvalue weighted by molar-refractivity contribution is 0.195. The van der Waals surface area contributed by atoms with Crippen LogP contribution in [0.2, 0.25) is 0 Å². The van der Waals surface area contributed by atoms with Crippen LogP contribution in [0.25, 0.3) is 11.5 Å². The first-order chi connectivity index (χ1) is 14.3. The van der Waals surface area contributed by atoms with Crippen LogP contribution < -0.4 is 10.1 Å². The maximum absolute atomic E-state index is 12.2. The number of hydrogen-bond acceptors (Lipinski definition) is 6. The van der Waals surface area contributed by atoms with E-state index in [0.29, 0.717) is 30.0 Å². The molecule has 0 unspecified atom stereocenters. The monoisotopic (exact) mass is 392 g/mol. The highest BCUT2D eigenvalue weighted by Gasteiger charge is 2.23. The number of carbonyl (C=O) groups is 1. The van der Waals surface area contributed by atoms with Crippen LogP contribution >= 0.6 is 0 Å². The van der Waals surface area contributed by atoms with Crippen molar-refractivity contribution >= 4 is 6.09 Å². The van der Waals surface area contributed by atoms with E-state index < -0.39 is 6.09 Å². The maximum atomic E-state index is 12.2. The van der Waals surface area contributed by atoms with Gasteiger partial charge in [-0.3, -0.25) is 0 Å². The molecule has 4 aromatic rings. The third-order valence-corrected chi connectivity index (χ3v) is 4.33. The van der Waals surface area contributed by atoms with Crippen molar-refractivity contribution in [2.45, 2.75) is 19.4 Å². The van der Waals surface area contributed by atoms with Gasteiger partial charge in [0.15, 0.2) is 5.76 Å². The van der Waals surface area contributed by atoms with Crippen molar-refractivity contribution in [1.82, 2.24) is 20.0 Å². The Kier molecular flexibility index (Phi) is 5.70. The maximum Gasteiger partial charge on any atom is 0.414 e. The number of nitrogens with zero attached hydrogens (tertiary/aromatic N) is 3. The Balaban J connectivity index is 1.42. The molecule has 0 fully saturated rings. The molecule has 8 heteroatoms. The summed E-state index contributed by atoms with van der Waals surface area (Å²) in [6.07, 6.45) is 7.54. The second-order valence-corrected chi connectivity index (χ2v) is 6.41. The minimum Gasteiger partial charge on any atom is -0.461 e. The summed E-state index contributed by atoms with van der Waals surface area (Å²) in [5, 5.41) is 6.68. The third kappa shape index (κ3) is 4.73. The predicted molar refractivity (Wildman–Crippen MR) is 104 cm³/mol. The normalized spacial score (nSPS) is 10.8. The summed E-state index contributed by atoms with van der Waals surface area (Å²) in [5.74, 6) is 1.10. The standard InChI is InChI=1S/C21H20N4O4/c26-21(23-9-5-11-25-12-10-22-15-25)28-20-17(14-16-6-2-1-3-7-16)19(29-24-20)18-8-4-13-27-18/h1-4,6-8,10,12-13,15H,5,9,11,14H2,(H,23,26). The van der Waals surface area contributed by atoms with Gasteiger partial charge in [0.1, 0.15) is 0 Å². The van der Waals surface area contributed by atoms with E-state index in [4.69, 9.17) is 13.7 Å². The van der Waals surface area contributed by atoms with Gasteiger partial charge in [-0.05, 0) is 29.3 Å². The third-order valence-electron chi connectivity index (χ3n) is 4.33. The molecule has 8 nitrogen and oxygen atoms in total. The van der Waals surface area contributed by atoms with Crippen molar-refractivity contribution in [3.63, 3.8) is 0 Å². The molecule has 148 valence electrons. The fraction of sp³-hybridized carbons (Fsp3) is 0.190. The second-order valence-electron chi connectivity index (χ2n) is 6.41. The zero-order valence-corrected chi connectivity index (χ0v) is 15.7. The van der Waals surface area contributed by atoms with E-state index in [9.17, 15) is 4.79 Å². The molecule has 0 saturated carbocycles. The number of hydrogen-bond donors (Lipinski definition) is 1. The zero-order valence-electron chi connectivity index (χ0n) is 15.7. The molecule has 4 rings (SSSR count). The first-order valence-electron chi connectivity index (χ1n) is 9.27. The van der Waals surface area contributed by atoms with Gasteiger partial charge in [-0.2, -0.15) is 0 Å². The van der Waals surface area contributed by atoms with Crippen molar-refractivity contribution in [3.05, 3.63) is 78.6 Å². The first-order valence-corrected chi connectivity index (χ1v) is 9.27. The van der Waals surface area contributed by atoms with Gasteiger partial charge in [-0.1, -0.05) is 30.3 Å². The number of amides is 1. The smallest absolute Gasteiger partial charge is 0.414 e. The molecule has 0 bridgehead atoms. The SMILES string of the molecule is O=C(NCCCn1ccnc1)Oc1noc(-c2ccco2)c1Cc1ccccc1. The van der Waals surface area contributed by atoms with E-state index in [-0.39, 0.29) is 5.88 Å². The molecular formula is C21H20N4O4. The minimum absolute atomic E-state index is 0.132. The Hall–Kier alpha value is -3.81. The molecule has 0 aliphatic heterocycles. The number of aryl methyl sites for hydroxylation is 1. The molecular weight excluding hydrogens is 372 g/mol. The highest BCUT2D eigenvalue weighted by Crippen LogP contribution is 2.33. The Bertz CT molecular complexity index is 1020. The first kappa shape index (κ1) is 18.5. The van der Waals surface area contributed by atoms with Crippen LogP contribution in [0.4, 0.5) is 4.79 Å². The van der Waals surface area contributed by atoms with Gasteiger partial charge in [-0.25, -0.2) is 9.78 Å². The summed E-state index contributed by atoms with van der Waals surface area (Å²) < 4.78 is 18.2. The lowest BCUT2D eigenvalue weighted by Crippen LogP contribution is -2.28. The van der Waals surface area contributed by atoms with Crippen LogP contribution in [-0.2, 0) is 13.0 Å². The van der Waals surface area contributed by atoms with Gasteiger partial charge in [0, 0.05) is 31.9 Å². The summed E-state index contributed by atoms with van der Waals surface area (Å²) in [6, 6.07) is 13.3. The summed E-state index contributed by atoms with van der Waals surface area (Å²) in [6.45, 7) is 1.22. The molecule has 0 radical (unpaired) electrons. The van der Waals surface area contributed by atoms with E-state index in [0.717, 1.165) is 18.5 Å².